The van der Waals surface area contributed by atoms with Gasteiger partial charge in [0, 0.05) is 29.9 Å². The zero-order chi connectivity index (χ0) is 12.7. The maximum atomic E-state index is 9.56. The van der Waals surface area contributed by atoms with E-state index in [1.54, 1.807) is 0 Å². The normalized spacial score (nSPS) is 26.1. The molecular formula is C14H29NOS. The minimum Gasteiger partial charge on any atom is -0.396 e. The van der Waals surface area contributed by atoms with Gasteiger partial charge in [-0.3, -0.25) is 0 Å². The molecule has 1 saturated carbocycles. The number of hydrogen-bond acceptors (Lipinski definition) is 3. The van der Waals surface area contributed by atoms with Crippen LogP contribution in [0.2, 0.25) is 0 Å². The van der Waals surface area contributed by atoms with Gasteiger partial charge in [0.25, 0.3) is 0 Å². The van der Waals surface area contributed by atoms with Gasteiger partial charge in [-0.2, -0.15) is 11.8 Å². The molecule has 2 nitrogen and oxygen atoms in total. The summed E-state index contributed by atoms with van der Waals surface area (Å²) in [5.74, 6) is 0. The van der Waals surface area contributed by atoms with Crippen LogP contribution in [0.5, 0.6) is 0 Å². The molecule has 102 valence electrons. The SMILES string of the molecule is CCC(CC)(CO)CNC1CCCC(SC)C1. The third kappa shape index (κ3) is 4.46. The van der Waals surface area contributed by atoms with Gasteiger partial charge in [0.15, 0.2) is 0 Å². The summed E-state index contributed by atoms with van der Waals surface area (Å²) in [6.07, 6.45) is 9.70. The van der Waals surface area contributed by atoms with Crippen molar-refractivity contribution in [2.75, 3.05) is 19.4 Å². The van der Waals surface area contributed by atoms with Gasteiger partial charge in [0.2, 0.25) is 0 Å². The predicted octanol–water partition coefficient (Wildman–Crippen LogP) is 3.05. The second kappa shape index (κ2) is 7.65. The molecule has 1 aliphatic carbocycles. The van der Waals surface area contributed by atoms with Crippen LogP contribution in [0.15, 0.2) is 0 Å². The fraction of sp³-hybridized carbons (Fsp3) is 1.00. The number of nitrogens with one attached hydrogen (secondary N) is 1. The van der Waals surface area contributed by atoms with Crippen molar-refractivity contribution in [3.63, 3.8) is 0 Å². The number of thioether (sulfide) groups is 1. The Morgan fingerprint density at radius 3 is 2.53 bits per heavy atom. The van der Waals surface area contributed by atoms with E-state index >= 15 is 0 Å². The van der Waals surface area contributed by atoms with Gasteiger partial charge in [0.05, 0.1) is 0 Å². The molecule has 0 spiro atoms. The van der Waals surface area contributed by atoms with Crippen LogP contribution in [0.3, 0.4) is 0 Å². The predicted molar refractivity (Wildman–Crippen MR) is 77.7 cm³/mol. The molecule has 1 rings (SSSR count). The van der Waals surface area contributed by atoms with E-state index in [0.717, 1.165) is 24.6 Å². The van der Waals surface area contributed by atoms with E-state index in [-0.39, 0.29) is 5.41 Å². The van der Waals surface area contributed by atoms with Crippen molar-refractivity contribution in [3.05, 3.63) is 0 Å². The maximum absolute atomic E-state index is 9.56. The Bertz CT molecular complexity index is 198. The first-order valence-electron chi connectivity index (χ1n) is 7.06. The fourth-order valence-corrected chi connectivity index (χ4v) is 3.51. The Balaban J connectivity index is 2.38. The first-order valence-corrected chi connectivity index (χ1v) is 8.35. The standard InChI is InChI=1S/C14H29NOS/c1-4-14(5-2,11-16)10-15-12-7-6-8-13(9-12)17-3/h12-13,15-16H,4-11H2,1-3H3. The summed E-state index contributed by atoms with van der Waals surface area (Å²) in [5.41, 5.74) is 0.103. The van der Waals surface area contributed by atoms with E-state index in [1.807, 2.05) is 11.8 Å². The van der Waals surface area contributed by atoms with Gasteiger partial charge in [-0.1, -0.05) is 20.3 Å². The van der Waals surface area contributed by atoms with Crippen LogP contribution in [-0.2, 0) is 0 Å². The molecule has 0 heterocycles. The van der Waals surface area contributed by atoms with Crippen molar-refractivity contribution in [1.82, 2.24) is 5.32 Å². The molecule has 2 atom stereocenters. The van der Waals surface area contributed by atoms with Gasteiger partial charge in [-0.05, 0) is 38.4 Å². The average molecular weight is 259 g/mol. The molecule has 1 aliphatic rings. The molecular weight excluding hydrogens is 230 g/mol. The molecule has 0 aromatic heterocycles. The molecule has 1 fully saturated rings. The summed E-state index contributed by atoms with van der Waals surface area (Å²) in [6, 6.07) is 0.672. The fourth-order valence-electron chi connectivity index (χ4n) is 2.68. The number of hydrogen-bond donors (Lipinski definition) is 2. The largest absolute Gasteiger partial charge is 0.396 e. The number of rotatable bonds is 7. The van der Waals surface area contributed by atoms with E-state index in [2.05, 4.69) is 25.4 Å². The molecule has 0 aromatic rings. The van der Waals surface area contributed by atoms with Gasteiger partial charge >= 0.3 is 0 Å². The highest BCUT2D eigenvalue weighted by molar-refractivity contribution is 7.99. The molecule has 2 unspecified atom stereocenters. The third-order valence-corrected chi connectivity index (χ3v) is 5.66. The third-order valence-electron chi connectivity index (χ3n) is 4.56. The Morgan fingerprint density at radius 1 is 1.29 bits per heavy atom. The van der Waals surface area contributed by atoms with E-state index in [1.165, 1.54) is 25.7 Å². The molecule has 0 aliphatic heterocycles. The Kier molecular flexibility index (Phi) is 6.90. The van der Waals surface area contributed by atoms with Crippen molar-refractivity contribution in [3.8, 4) is 0 Å². The highest BCUT2D eigenvalue weighted by atomic mass is 32.2. The lowest BCUT2D eigenvalue weighted by Gasteiger charge is -2.35. The van der Waals surface area contributed by atoms with E-state index in [9.17, 15) is 5.11 Å². The molecule has 0 bridgehead atoms. The van der Waals surface area contributed by atoms with E-state index in [0.29, 0.717) is 12.6 Å². The topological polar surface area (TPSA) is 32.3 Å². The molecule has 0 amide bonds. The van der Waals surface area contributed by atoms with Crippen molar-refractivity contribution in [2.45, 2.75) is 63.7 Å². The Labute approximate surface area is 111 Å². The summed E-state index contributed by atoms with van der Waals surface area (Å²) in [4.78, 5) is 0. The zero-order valence-corrected chi connectivity index (χ0v) is 12.5. The summed E-state index contributed by atoms with van der Waals surface area (Å²) in [6.45, 7) is 5.66. The smallest absolute Gasteiger partial charge is 0.0499 e. The van der Waals surface area contributed by atoms with Crippen LogP contribution in [0, 0.1) is 5.41 Å². The van der Waals surface area contributed by atoms with Crippen LogP contribution in [-0.4, -0.2) is 35.8 Å². The van der Waals surface area contributed by atoms with Gasteiger partial charge < -0.3 is 10.4 Å². The van der Waals surface area contributed by atoms with Crippen LogP contribution >= 0.6 is 11.8 Å². The van der Waals surface area contributed by atoms with Crippen molar-refractivity contribution >= 4 is 11.8 Å². The Hall–Kier alpha value is 0.270. The number of aliphatic hydroxyl groups is 1. The number of aliphatic hydroxyl groups excluding tert-OH is 1. The molecule has 0 radical (unpaired) electrons. The summed E-state index contributed by atoms with van der Waals surface area (Å²) < 4.78 is 0. The molecule has 0 saturated heterocycles. The lowest BCUT2D eigenvalue weighted by atomic mass is 9.82. The van der Waals surface area contributed by atoms with Gasteiger partial charge in [-0.15, -0.1) is 0 Å². The maximum Gasteiger partial charge on any atom is 0.0499 e. The first-order chi connectivity index (χ1) is 8.19. The van der Waals surface area contributed by atoms with Crippen molar-refractivity contribution in [1.29, 1.82) is 0 Å². The van der Waals surface area contributed by atoms with Crippen molar-refractivity contribution in [2.24, 2.45) is 5.41 Å². The quantitative estimate of drug-likeness (QED) is 0.737. The van der Waals surface area contributed by atoms with Gasteiger partial charge in [-0.25, -0.2) is 0 Å². The van der Waals surface area contributed by atoms with E-state index in [4.69, 9.17) is 0 Å². The lowest BCUT2D eigenvalue weighted by Crippen LogP contribution is -2.43. The van der Waals surface area contributed by atoms with Crippen LogP contribution in [0.4, 0.5) is 0 Å². The van der Waals surface area contributed by atoms with Gasteiger partial charge in [0.1, 0.15) is 0 Å². The van der Waals surface area contributed by atoms with Crippen LogP contribution < -0.4 is 5.32 Å². The highest BCUT2D eigenvalue weighted by Crippen LogP contribution is 2.29. The summed E-state index contributed by atoms with van der Waals surface area (Å²) in [5, 5.41) is 14.1. The molecule has 2 N–H and O–H groups in total. The second-order valence-electron chi connectivity index (χ2n) is 5.47. The summed E-state index contributed by atoms with van der Waals surface area (Å²) in [7, 11) is 0. The molecule has 0 aromatic carbocycles. The first kappa shape index (κ1) is 15.3. The zero-order valence-electron chi connectivity index (χ0n) is 11.7. The average Bonchev–Trinajstić information content (AvgIpc) is 2.41. The van der Waals surface area contributed by atoms with Crippen LogP contribution in [0.1, 0.15) is 52.4 Å². The molecule has 3 heteroatoms. The molecule has 17 heavy (non-hydrogen) atoms. The monoisotopic (exact) mass is 259 g/mol. The highest BCUT2D eigenvalue weighted by Gasteiger charge is 2.27. The van der Waals surface area contributed by atoms with E-state index < -0.39 is 0 Å². The summed E-state index contributed by atoms with van der Waals surface area (Å²) >= 11 is 2.01. The Morgan fingerprint density at radius 2 is 2.00 bits per heavy atom. The minimum absolute atomic E-state index is 0.103. The van der Waals surface area contributed by atoms with Crippen LogP contribution in [0.25, 0.3) is 0 Å². The lowest BCUT2D eigenvalue weighted by molar-refractivity contribution is 0.107. The minimum atomic E-state index is 0.103. The second-order valence-corrected chi connectivity index (χ2v) is 6.61. The van der Waals surface area contributed by atoms with Crippen molar-refractivity contribution < 1.29 is 5.11 Å².